The van der Waals surface area contributed by atoms with Gasteiger partial charge in [-0.3, -0.25) is 0 Å². The van der Waals surface area contributed by atoms with E-state index in [1.807, 2.05) is 26.0 Å². The number of rotatable bonds is 4. The summed E-state index contributed by atoms with van der Waals surface area (Å²) in [4.78, 5) is 12.5. The number of aromatic nitrogens is 3. The van der Waals surface area contributed by atoms with Crippen molar-refractivity contribution in [3.63, 3.8) is 0 Å². The van der Waals surface area contributed by atoms with Crippen LogP contribution in [-0.2, 0) is 6.54 Å². The zero-order valence-electron chi connectivity index (χ0n) is 11.3. The van der Waals surface area contributed by atoms with Crippen molar-refractivity contribution in [1.82, 2.24) is 15.0 Å². The summed E-state index contributed by atoms with van der Waals surface area (Å²) in [5.41, 5.74) is 7.72. The topological polar surface area (TPSA) is 86.0 Å². The van der Waals surface area contributed by atoms with Crippen LogP contribution in [0.25, 0.3) is 0 Å². The summed E-state index contributed by atoms with van der Waals surface area (Å²) in [6, 6.07) is 3.79. The van der Waals surface area contributed by atoms with Crippen molar-refractivity contribution >= 4 is 11.6 Å². The molecule has 0 spiro atoms. The Morgan fingerprint density at radius 1 is 1.32 bits per heavy atom. The first-order chi connectivity index (χ1) is 9.10. The van der Waals surface area contributed by atoms with Gasteiger partial charge < -0.3 is 15.8 Å². The fourth-order valence-electron chi connectivity index (χ4n) is 1.68. The predicted octanol–water partition coefficient (Wildman–Crippen LogP) is 1.69. The van der Waals surface area contributed by atoms with Gasteiger partial charge in [-0.1, -0.05) is 0 Å². The molecule has 2 rings (SSSR count). The van der Waals surface area contributed by atoms with E-state index < -0.39 is 0 Å². The highest BCUT2D eigenvalue weighted by molar-refractivity contribution is 5.54. The van der Waals surface area contributed by atoms with E-state index in [1.54, 1.807) is 13.3 Å². The molecule has 2 aromatic rings. The van der Waals surface area contributed by atoms with Crippen LogP contribution in [-0.4, -0.2) is 22.1 Å². The normalized spacial score (nSPS) is 10.3. The molecule has 0 aliphatic rings. The van der Waals surface area contributed by atoms with Crippen LogP contribution in [0.5, 0.6) is 5.88 Å². The van der Waals surface area contributed by atoms with E-state index in [-0.39, 0.29) is 0 Å². The standard InChI is InChI=1S/C13H17N5O/c1-8-12(14)17-9(2)18-13(8)16-7-10-4-5-15-11(6-10)19-3/h4-6H,7H2,1-3H3,(H3,14,16,17,18). The van der Waals surface area contributed by atoms with Crippen LogP contribution < -0.4 is 15.8 Å². The predicted molar refractivity (Wildman–Crippen MR) is 74.0 cm³/mol. The van der Waals surface area contributed by atoms with E-state index in [2.05, 4.69) is 20.3 Å². The minimum absolute atomic E-state index is 0.502. The second kappa shape index (κ2) is 5.51. The third-order valence-electron chi connectivity index (χ3n) is 2.76. The Morgan fingerprint density at radius 3 is 2.84 bits per heavy atom. The average molecular weight is 259 g/mol. The number of anilines is 2. The second-order valence-corrected chi connectivity index (χ2v) is 4.19. The molecular weight excluding hydrogens is 242 g/mol. The summed E-state index contributed by atoms with van der Waals surface area (Å²) in [6.07, 6.45) is 1.71. The number of nitrogen functional groups attached to an aromatic ring is 1. The summed E-state index contributed by atoms with van der Waals surface area (Å²) < 4.78 is 5.08. The van der Waals surface area contributed by atoms with E-state index in [0.29, 0.717) is 24.1 Å². The van der Waals surface area contributed by atoms with Gasteiger partial charge in [-0.25, -0.2) is 15.0 Å². The van der Waals surface area contributed by atoms with Crippen LogP contribution in [0.2, 0.25) is 0 Å². The van der Waals surface area contributed by atoms with Crippen molar-refractivity contribution < 1.29 is 4.74 Å². The number of nitrogens with two attached hydrogens (primary N) is 1. The number of aryl methyl sites for hydroxylation is 1. The molecule has 0 unspecified atom stereocenters. The summed E-state index contributed by atoms with van der Waals surface area (Å²) in [7, 11) is 1.60. The van der Waals surface area contributed by atoms with Gasteiger partial charge in [0.05, 0.1) is 7.11 Å². The molecule has 3 N–H and O–H groups in total. The maximum atomic E-state index is 5.81. The van der Waals surface area contributed by atoms with E-state index >= 15 is 0 Å². The lowest BCUT2D eigenvalue weighted by molar-refractivity contribution is 0.397. The van der Waals surface area contributed by atoms with Crippen LogP contribution in [0, 0.1) is 13.8 Å². The number of hydrogen-bond donors (Lipinski definition) is 2. The van der Waals surface area contributed by atoms with Crippen molar-refractivity contribution in [2.75, 3.05) is 18.2 Å². The molecule has 6 nitrogen and oxygen atoms in total. The Kier molecular flexibility index (Phi) is 3.79. The number of ether oxygens (including phenoxy) is 1. The fourth-order valence-corrected chi connectivity index (χ4v) is 1.68. The third-order valence-corrected chi connectivity index (χ3v) is 2.76. The van der Waals surface area contributed by atoms with Crippen LogP contribution in [0.4, 0.5) is 11.6 Å². The van der Waals surface area contributed by atoms with Crippen LogP contribution in [0.1, 0.15) is 17.0 Å². The van der Waals surface area contributed by atoms with Crippen molar-refractivity contribution in [2.24, 2.45) is 0 Å². The molecule has 0 saturated carbocycles. The maximum Gasteiger partial charge on any atom is 0.213 e. The molecule has 0 aliphatic heterocycles. The zero-order valence-corrected chi connectivity index (χ0v) is 11.3. The molecule has 0 atom stereocenters. The molecule has 0 fully saturated rings. The highest BCUT2D eigenvalue weighted by Crippen LogP contribution is 2.18. The molecule has 0 aromatic carbocycles. The lowest BCUT2D eigenvalue weighted by Gasteiger charge is -2.11. The summed E-state index contributed by atoms with van der Waals surface area (Å²) in [6.45, 7) is 4.33. The molecule has 100 valence electrons. The molecule has 0 bridgehead atoms. The number of nitrogens with one attached hydrogen (secondary N) is 1. The number of nitrogens with zero attached hydrogens (tertiary/aromatic N) is 3. The molecule has 0 aliphatic carbocycles. The molecule has 19 heavy (non-hydrogen) atoms. The minimum Gasteiger partial charge on any atom is -0.481 e. The molecule has 0 amide bonds. The Morgan fingerprint density at radius 2 is 2.11 bits per heavy atom. The summed E-state index contributed by atoms with van der Waals surface area (Å²) >= 11 is 0. The SMILES string of the molecule is COc1cc(CNc2nc(C)nc(N)c2C)ccn1. The van der Waals surface area contributed by atoms with Crippen LogP contribution >= 0.6 is 0 Å². The van der Waals surface area contributed by atoms with Gasteiger partial charge in [-0.05, 0) is 25.5 Å². The average Bonchev–Trinajstić information content (AvgIpc) is 2.41. The van der Waals surface area contributed by atoms with Crippen LogP contribution in [0.15, 0.2) is 18.3 Å². The van der Waals surface area contributed by atoms with Crippen molar-refractivity contribution in [1.29, 1.82) is 0 Å². The summed E-state index contributed by atoms with van der Waals surface area (Å²) in [5, 5.41) is 3.25. The maximum absolute atomic E-state index is 5.81. The third kappa shape index (κ3) is 3.09. The van der Waals surface area contributed by atoms with E-state index in [9.17, 15) is 0 Å². The van der Waals surface area contributed by atoms with E-state index in [1.165, 1.54) is 0 Å². The van der Waals surface area contributed by atoms with Gasteiger partial charge >= 0.3 is 0 Å². The van der Waals surface area contributed by atoms with Gasteiger partial charge in [0.25, 0.3) is 0 Å². The first-order valence-corrected chi connectivity index (χ1v) is 5.93. The Balaban J connectivity index is 2.14. The van der Waals surface area contributed by atoms with Gasteiger partial charge in [0.15, 0.2) is 0 Å². The second-order valence-electron chi connectivity index (χ2n) is 4.19. The Bertz CT molecular complexity index is 585. The van der Waals surface area contributed by atoms with Gasteiger partial charge in [-0.15, -0.1) is 0 Å². The molecule has 2 aromatic heterocycles. The van der Waals surface area contributed by atoms with Crippen molar-refractivity contribution in [3.05, 3.63) is 35.3 Å². The van der Waals surface area contributed by atoms with Gasteiger partial charge in [0, 0.05) is 24.4 Å². The van der Waals surface area contributed by atoms with Gasteiger partial charge in [-0.2, -0.15) is 0 Å². The molecule has 0 radical (unpaired) electrons. The minimum atomic E-state index is 0.502. The van der Waals surface area contributed by atoms with Crippen LogP contribution in [0.3, 0.4) is 0 Å². The highest BCUT2D eigenvalue weighted by Gasteiger charge is 2.06. The molecule has 2 heterocycles. The van der Waals surface area contributed by atoms with Gasteiger partial charge in [0.1, 0.15) is 17.5 Å². The Labute approximate surface area is 112 Å². The van der Waals surface area contributed by atoms with Gasteiger partial charge in [0.2, 0.25) is 5.88 Å². The van der Waals surface area contributed by atoms with Crippen molar-refractivity contribution in [3.8, 4) is 5.88 Å². The monoisotopic (exact) mass is 259 g/mol. The molecule has 0 saturated heterocycles. The first-order valence-electron chi connectivity index (χ1n) is 5.93. The largest absolute Gasteiger partial charge is 0.481 e. The smallest absolute Gasteiger partial charge is 0.213 e. The molecular formula is C13H17N5O. The first kappa shape index (κ1) is 13.1. The lowest BCUT2D eigenvalue weighted by atomic mass is 10.2. The summed E-state index contributed by atoms with van der Waals surface area (Å²) in [5.74, 6) is 2.50. The number of pyridine rings is 1. The van der Waals surface area contributed by atoms with Crippen molar-refractivity contribution in [2.45, 2.75) is 20.4 Å². The van der Waals surface area contributed by atoms with E-state index in [0.717, 1.165) is 16.9 Å². The Hall–Kier alpha value is -2.37. The number of hydrogen-bond acceptors (Lipinski definition) is 6. The fraction of sp³-hybridized carbons (Fsp3) is 0.308. The van der Waals surface area contributed by atoms with E-state index in [4.69, 9.17) is 10.5 Å². The lowest BCUT2D eigenvalue weighted by Crippen LogP contribution is -2.08. The zero-order chi connectivity index (χ0) is 13.8. The molecule has 6 heteroatoms. The number of methoxy groups -OCH3 is 1. The quantitative estimate of drug-likeness (QED) is 0.869. The highest BCUT2D eigenvalue weighted by atomic mass is 16.5.